The van der Waals surface area contributed by atoms with Gasteiger partial charge in [-0.3, -0.25) is 0 Å². The van der Waals surface area contributed by atoms with E-state index in [4.69, 9.17) is 4.74 Å². The molecule has 3 aromatic rings. The van der Waals surface area contributed by atoms with Gasteiger partial charge in [-0.2, -0.15) is 5.21 Å². The fraction of sp³-hybridized carbons (Fsp3) is 0.267. The van der Waals surface area contributed by atoms with Gasteiger partial charge in [0.1, 0.15) is 5.75 Å². The molecule has 21 heavy (non-hydrogen) atoms. The Labute approximate surface area is 122 Å². The van der Waals surface area contributed by atoms with Crippen LogP contribution >= 0.6 is 0 Å². The van der Waals surface area contributed by atoms with Crippen LogP contribution in [0.4, 0.5) is 0 Å². The second kappa shape index (κ2) is 6.32. The molecule has 0 aliphatic rings. The van der Waals surface area contributed by atoms with Crippen LogP contribution in [0.2, 0.25) is 0 Å². The van der Waals surface area contributed by atoms with Crippen molar-refractivity contribution in [3.63, 3.8) is 0 Å². The number of nitrogens with one attached hydrogen (secondary N) is 2. The summed E-state index contributed by atoms with van der Waals surface area (Å²) in [7, 11) is 0. The average molecular weight is 283 g/mol. The van der Waals surface area contributed by atoms with Gasteiger partial charge in [-0.25, -0.2) is 0 Å². The van der Waals surface area contributed by atoms with Gasteiger partial charge < -0.3 is 10.1 Å². The van der Waals surface area contributed by atoms with Crippen LogP contribution in [-0.2, 0) is 13.2 Å². The number of hydrogen-bond acceptors (Lipinski definition) is 5. The molecular formula is C15H17N5O. The van der Waals surface area contributed by atoms with Crippen molar-refractivity contribution in [1.29, 1.82) is 0 Å². The lowest BCUT2D eigenvalue weighted by atomic mass is 10.1. The van der Waals surface area contributed by atoms with Crippen molar-refractivity contribution in [2.75, 3.05) is 6.54 Å². The highest BCUT2D eigenvalue weighted by Gasteiger charge is 2.02. The van der Waals surface area contributed by atoms with Gasteiger partial charge in [-0.1, -0.05) is 30.3 Å². The molecule has 0 saturated carbocycles. The van der Waals surface area contributed by atoms with E-state index < -0.39 is 0 Å². The molecule has 0 saturated heterocycles. The first-order chi connectivity index (χ1) is 10.3. The van der Waals surface area contributed by atoms with Crippen LogP contribution in [0.3, 0.4) is 0 Å². The van der Waals surface area contributed by atoms with Gasteiger partial charge in [0.25, 0.3) is 0 Å². The molecule has 6 heteroatoms. The number of fused-ring (bicyclic) bond motifs is 1. The Morgan fingerprint density at radius 2 is 2.00 bits per heavy atom. The Bertz CT molecular complexity index is 711. The van der Waals surface area contributed by atoms with Crippen LogP contribution in [0.5, 0.6) is 5.75 Å². The van der Waals surface area contributed by atoms with E-state index in [-0.39, 0.29) is 0 Å². The van der Waals surface area contributed by atoms with Crippen LogP contribution in [0, 0.1) is 0 Å². The summed E-state index contributed by atoms with van der Waals surface area (Å²) in [6.45, 7) is 4.28. The van der Waals surface area contributed by atoms with E-state index in [1.54, 1.807) is 0 Å². The number of rotatable bonds is 6. The van der Waals surface area contributed by atoms with E-state index in [2.05, 4.69) is 57.1 Å². The minimum Gasteiger partial charge on any atom is -0.485 e. The zero-order chi connectivity index (χ0) is 14.5. The molecule has 108 valence electrons. The second-order valence-electron chi connectivity index (χ2n) is 4.74. The molecule has 1 aromatic heterocycles. The first-order valence-electron chi connectivity index (χ1n) is 6.93. The van der Waals surface area contributed by atoms with Crippen LogP contribution in [-0.4, -0.2) is 27.2 Å². The Hall–Kier alpha value is -2.47. The SMILES string of the molecule is CCNCc1ccc2cc(OCc3nn[nH]n3)ccc2c1. The van der Waals surface area contributed by atoms with Crippen molar-refractivity contribution in [3.05, 3.63) is 47.8 Å². The van der Waals surface area contributed by atoms with Crippen LogP contribution in [0.1, 0.15) is 18.3 Å². The van der Waals surface area contributed by atoms with Crippen LogP contribution < -0.4 is 10.1 Å². The number of aromatic amines is 1. The number of hydrogen-bond donors (Lipinski definition) is 2. The third-order valence-electron chi connectivity index (χ3n) is 3.21. The quantitative estimate of drug-likeness (QED) is 0.724. The number of H-pyrrole nitrogens is 1. The highest BCUT2D eigenvalue weighted by molar-refractivity contribution is 5.84. The molecule has 0 aliphatic heterocycles. The van der Waals surface area contributed by atoms with E-state index >= 15 is 0 Å². The maximum atomic E-state index is 5.66. The smallest absolute Gasteiger partial charge is 0.211 e. The Morgan fingerprint density at radius 1 is 1.14 bits per heavy atom. The molecule has 1 heterocycles. The molecule has 2 aromatic carbocycles. The number of benzene rings is 2. The van der Waals surface area contributed by atoms with Crippen molar-refractivity contribution in [1.82, 2.24) is 25.9 Å². The number of nitrogens with zero attached hydrogens (tertiary/aromatic N) is 3. The highest BCUT2D eigenvalue weighted by Crippen LogP contribution is 2.22. The lowest BCUT2D eigenvalue weighted by Gasteiger charge is -2.07. The van der Waals surface area contributed by atoms with Gasteiger partial charge in [-0.05, 0) is 41.1 Å². The lowest BCUT2D eigenvalue weighted by molar-refractivity contribution is 0.296. The van der Waals surface area contributed by atoms with E-state index in [1.165, 1.54) is 10.9 Å². The summed E-state index contributed by atoms with van der Waals surface area (Å²) < 4.78 is 5.66. The maximum absolute atomic E-state index is 5.66. The van der Waals surface area contributed by atoms with Crippen molar-refractivity contribution >= 4 is 10.8 Å². The Kier molecular flexibility index (Phi) is 4.07. The van der Waals surface area contributed by atoms with E-state index in [0.717, 1.165) is 24.2 Å². The molecule has 0 atom stereocenters. The minimum atomic E-state index is 0.306. The van der Waals surface area contributed by atoms with E-state index in [1.807, 2.05) is 12.1 Å². The van der Waals surface area contributed by atoms with Crippen LogP contribution in [0.25, 0.3) is 10.8 Å². The molecule has 0 amide bonds. The van der Waals surface area contributed by atoms with Gasteiger partial charge in [0.2, 0.25) is 5.82 Å². The van der Waals surface area contributed by atoms with Crippen molar-refractivity contribution < 1.29 is 4.74 Å². The Morgan fingerprint density at radius 3 is 2.81 bits per heavy atom. The highest BCUT2D eigenvalue weighted by atomic mass is 16.5. The molecule has 6 nitrogen and oxygen atoms in total. The summed E-state index contributed by atoms with van der Waals surface area (Å²) in [4.78, 5) is 0. The maximum Gasteiger partial charge on any atom is 0.211 e. The summed E-state index contributed by atoms with van der Waals surface area (Å²) in [5.74, 6) is 1.34. The molecule has 0 bridgehead atoms. The molecule has 0 radical (unpaired) electrons. The predicted molar refractivity (Wildman–Crippen MR) is 79.8 cm³/mol. The molecule has 3 rings (SSSR count). The van der Waals surface area contributed by atoms with Crippen molar-refractivity contribution in [2.24, 2.45) is 0 Å². The second-order valence-corrected chi connectivity index (χ2v) is 4.74. The number of ether oxygens (including phenoxy) is 1. The summed E-state index contributed by atoms with van der Waals surface area (Å²) >= 11 is 0. The third kappa shape index (κ3) is 3.35. The standard InChI is InChI=1S/C15H17N5O/c1-2-16-9-11-3-4-13-8-14(6-5-12(13)7-11)21-10-15-17-19-20-18-15/h3-8,16H,2,9-10H2,1H3,(H,17,18,19,20). The summed E-state index contributed by atoms with van der Waals surface area (Å²) in [5, 5.41) is 19.3. The van der Waals surface area contributed by atoms with E-state index in [0.29, 0.717) is 12.4 Å². The van der Waals surface area contributed by atoms with E-state index in [9.17, 15) is 0 Å². The first kappa shape index (κ1) is 13.5. The van der Waals surface area contributed by atoms with Gasteiger partial charge in [0.05, 0.1) is 0 Å². The Balaban J connectivity index is 1.74. The van der Waals surface area contributed by atoms with Crippen LogP contribution in [0.15, 0.2) is 36.4 Å². The normalized spacial score (nSPS) is 10.9. The van der Waals surface area contributed by atoms with Gasteiger partial charge in [-0.15, -0.1) is 10.2 Å². The fourth-order valence-corrected chi connectivity index (χ4v) is 2.13. The van der Waals surface area contributed by atoms with Gasteiger partial charge >= 0.3 is 0 Å². The summed E-state index contributed by atoms with van der Waals surface area (Å²) in [6.07, 6.45) is 0. The molecule has 0 unspecified atom stereocenters. The van der Waals surface area contributed by atoms with Crippen molar-refractivity contribution in [3.8, 4) is 5.75 Å². The number of aromatic nitrogens is 4. The molecule has 2 N–H and O–H groups in total. The zero-order valence-electron chi connectivity index (χ0n) is 11.8. The van der Waals surface area contributed by atoms with Crippen molar-refractivity contribution in [2.45, 2.75) is 20.1 Å². The molecule has 0 spiro atoms. The lowest BCUT2D eigenvalue weighted by Crippen LogP contribution is -2.11. The first-order valence-corrected chi connectivity index (χ1v) is 6.93. The monoisotopic (exact) mass is 283 g/mol. The van der Waals surface area contributed by atoms with Gasteiger partial charge in [0.15, 0.2) is 6.61 Å². The summed E-state index contributed by atoms with van der Waals surface area (Å²) in [5.41, 5.74) is 1.28. The predicted octanol–water partition coefficient (Wildman–Crippen LogP) is 2.04. The third-order valence-corrected chi connectivity index (χ3v) is 3.21. The summed E-state index contributed by atoms with van der Waals surface area (Å²) in [6, 6.07) is 12.5. The zero-order valence-corrected chi connectivity index (χ0v) is 11.8. The average Bonchev–Trinajstić information content (AvgIpc) is 3.04. The largest absolute Gasteiger partial charge is 0.485 e. The minimum absolute atomic E-state index is 0.306. The molecule has 0 aliphatic carbocycles. The number of tetrazole rings is 1. The fourth-order valence-electron chi connectivity index (χ4n) is 2.13. The molecule has 0 fully saturated rings. The molecular weight excluding hydrogens is 266 g/mol. The topological polar surface area (TPSA) is 75.7 Å². The van der Waals surface area contributed by atoms with Gasteiger partial charge in [0, 0.05) is 6.54 Å².